The molecule has 0 bridgehead atoms. The number of fused-ring (bicyclic) bond motifs is 12. The van der Waals surface area contributed by atoms with Gasteiger partial charge in [-0.25, -0.2) is 0 Å². The molecule has 314 valence electrons. The van der Waals surface area contributed by atoms with Gasteiger partial charge in [-0.15, -0.1) is 0 Å². The van der Waals surface area contributed by atoms with Gasteiger partial charge in [0.15, 0.2) is 0 Å². The summed E-state index contributed by atoms with van der Waals surface area (Å²) in [6, 6.07) is 81.8. The van der Waals surface area contributed by atoms with Gasteiger partial charge < -0.3 is 9.80 Å². The number of benzene rings is 9. The van der Waals surface area contributed by atoms with Gasteiger partial charge in [0, 0.05) is 39.6 Å². The number of hydrogen-bond acceptors (Lipinski definition) is 2. The van der Waals surface area contributed by atoms with Gasteiger partial charge in [0.1, 0.15) is 0 Å². The molecule has 0 amide bonds. The predicted octanol–water partition coefficient (Wildman–Crippen LogP) is 16.2. The second-order valence-corrected chi connectivity index (χ2v) is 18.8. The van der Waals surface area contributed by atoms with Crippen LogP contribution in [0.4, 0.5) is 28.4 Å². The van der Waals surface area contributed by atoms with Gasteiger partial charge >= 0.3 is 0 Å². The lowest BCUT2D eigenvalue weighted by molar-refractivity contribution is 0.563. The molecule has 1 aliphatic heterocycles. The minimum Gasteiger partial charge on any atom is -0.333 e. The molecular weight excluding hydrogens is 797 g/mol. The third-order valence-corrected chi connectivity index (χ3v) is 15.1. The second kappa shape index (κ2) is 14.8. The molecule has 0 radical (unpaired) electrons. The van der Waals surface area contributed by atoms with E-state index in [2.05, 4.69) is 266 Å². The summed E-state index contributed by atoms with van der Waals surface area (Å²) in [5.41, 5.74) is 22.2. The Labute approximate surface area is 388 Å². The van der Waals surface area contributed by atoms with E-state index in [1.165, 1.54) is 89.4 Å². The summed E-state index contributed by atoms with van der Waals surface area (Å²) in [6.07, 6.45) is 9.11. The molecule has 13 rings (SSSR count). The summed E-state index contributed by atoms with van der Waals surface area (Å²) in [7, 11) is 0. The highest BCUT2D eigenvalue weighted by Gasteiger charge is 2.54. The Bertz CT molecular complexity index is 3350. The predicted molar refractivity (Wildman–Crippen MR) is 275 cm³/mol. The monoisotopic (exact) mass is 844 g/mol. The van der Waals surface area contributed by atoms with Crippen molar-refractivity contribution in [3.8, 4) is 33.4 Å². The third-order valence-electron chi connectivity index (χ3n) is 15.1. The zero-order chi connectivity index (χ0) is 44.0. The standard InChI is InChI=1S/C64H48N2/c1-63(2)54-25-12-14-27-56(54)64(57-28-15-13-26-55(57)63)53-24-11-9-23-51(53)62-58(64)29-17-31-61(62)65(48-37-32-44(33-38-48)43-18-5-3-6-19-43)49-39-34-45(35-40-49)46-36-41-60-52(42-46)50-22-10-16-30-59(50)66(60)47-20-7-4-8-21-47/h3-42,50,59H,1-2H3. The van der Waals surface area contributed by atoms with E-state index in [-0.39, 0.29) is 11.5 Å². The molecule has 0 aromatic heterocycles. The molecular formula is C64H48N2. The Morgan fingerprint density at radius 1 is 0.424 bits per heavy atom. The van der Waals surface area contributed by atoms with Crippen LogP contribution in [0.1, 0.15) is 58.7 Å². The highest BCUT2D eigenvalue weighted by Crippen LogP contribution is 2.64. The molecule has 2 nitrogen and oxygen atoms in total. The van der Waals surface area contributed by atoms with Crippen LogP contribution < -0.4 is 9.80 Å². The Morgan fingerprint density at radius 2 is 0.939 bits per heavy atom. The first-order valence-electron chi connectivity index (χ1n) is 23.3. The van der Waals surface area contributed by atoms with E-state index in [1.807, 2.05) is 0 Å². The molecule has 9 aromatic carbocycles. The van der Waals surface area contributed by atoms with E-state index in [1.54, 1.807) is 0 Å². The van der Waals surface area contributed by atoms with Crippen LogP contribution >= 0.6 is 0 Å². The van der Waals surface area contributed by atoms with Gasteiger partial charge in [0.2, 0.25) is 0 Å². The fourth-order valence-electron chi connectivity index (χ4n) is 12.2. The Hall–Kier alpha value is -7.94. The highest BCUT2D eigenvalue weighted by atomic mass is 15.2. The van der Waals surface area contributed by atoms with Crippen molar-refractivity contribution in [3.63, 3.8) is 0 Å². The molecule has 0 N–H and O–H groups in total. The van der Waals surface area contributed by atoms with Crippen molar-refractivity contribution in [3.05, 3.63) is 282 Å². The highest BCUT2D eigenvalue weighted by molar-refractivity contribution is 5.98. The minimum absolute atomic E-state index is 0.159. The average Bonchev–Trinajstić information content (AvgIpc) is 3.88. The van der Waals surface area contributed by atoms with Crippen LogP contribution in [-0.4, -0.2) is 6.04 Å². The molecule has 2 unspecified atom stereocenters. The first-order chi connectivity index (χ1) is 32.5. The number of para-hydroxylation sites is 1. The van der Waals surface area contributed by atoms with E-state index in [9.17, 15) is 0 Å². The molecule has 4 aliphatic rings. The van der Waals surface area contributed by atoms with E-state index < -0.39 is 5.41 Å². The van der Waals surface area contributed by atoms with Crippen molar-refractivity contribution < 1.29 is 0 Å². The van der Waals surface area contributed by atoms with E-state index >= 15 is 0 Å². The minimum atomic E-state index is -0.483. The van der Waals surface area contributed by atoms with E-state index in [0.29, 0.717) is 5.92 Å². The maximum Gasteiger partial charge on any atom is 0.0720 e. The van der Waals surface area contributed by atoms with Gasteiger partial charge in [-0.2, -0.15) is 0 Å². The van der Waals surface area contributed by atoms with Crippen LogP contribution in [0, 0.1) is 0 Å². The fraction of sp³-hybridized carbons (Fsp3) is 0.0938. The maximum atomic E-state index is 2.50. The van der Waals surface area contributed by atoms with Crippen LogP contribution in [0.15, 0.2) is 243 Å². The summed E-state index contributed by atoms with van der Waals surface area (Å²) < 4.78 is 0. The Morgan fingerprint density at radius 3 is 1.61 bits per heavy atom. The fourth-order valence-corrected chi connectivity index (χ4v) is 12.2. The zero-order valence-corrected chi connectivity index (χ0v) is 37.1. The normalized spacial score (nSPS) is 17.3. The van der Waals surface area contributed by atoms with Crippen molar-refractivity contribution in [1.82, 2.24) is 0 Å². The lowest BCUT2D eigenvalue weighted by Gasteiger charge is -2.46. The molecule has 2 heteroatoms. The Kier molecular flexibility index (Phi) is 8.64. The average molecular weight is 845 g/mol. The van der Waals surface area contributed by atoms with Gasteiger partial charge in [0.05, 0.1) is 17.1 Å². The molecule has 3 aliphatic carbocycles. The summed E-state index contributed by atoms with van der Waals surface area (Å²) in [6.45, 7) is 4.78. The summed E-state index contributed by atoms with van der Waals surface area (Å²) in [5.74, 6) is 0.291. The molecule has 0 saturated heterocycles. The molecule has 9 aromatic rings. The van der Waals surface area contributed by atoms with Crippen LogP contribution in [0.3, 0.4) is 0 Å². The van der Waals surface area contributed by atoms with Crippen LogP contribution in [-0.2, 0) is 10.8 Å². The summed E-state index contributed by atoms with van der Waals surface area (Å²) in [5, 5.41) is 0. The smallest absolute Gasteiger partial charge is 0.0720 e. The number of rotatable bonds is 6. The number of allylic oxidation sites excluding steroid dienone is 2. The van der Waals surface area contributed by atoms with Crippen molar-refractivity contribution >= 4 is 28.4 Å². The number of hydrogen-bond donors (Lipinski definition) is 0. The van der Waals surface area contributed by atoms with Gasteiger partial charge in [-0.05, 0) is 121 Å². The van der Waals surface area contributed by atoms with Crippen LogP contribution in [0.5, 0.6) is 0 Å². The molecule has 66 heavy (non-hydrogen) atoms. The zero-order valence-electron chi connectivity index (χ0n) is 37.1. The van der Waals surface area contributed by atoms with Crippen molar-refractivity contribution in [2.45, 2.75) is 36.6 Å². The maximum absolute atomic E-state index is 2.50. The first kappa shape index (κ1) is 38.5. The second-order valence-electron chi connectivity index (χ2n) is 18.8. The SMILES string of the molecule is CC1(C)c2ccccc2C2(c3ccccc3-c3c(N(c4ccc(-c5ccccc5)cc4)c4ccc(-c5ccc6c(c5)C5C=CC=CC5N6c5ccccc5)cc4)cccc32)c2ccccc21. The number of nitrogens with zero attached hydrogens (tertiary/aromatic N) is 2. The van der Waals surface area contributed by atoms with Crippen molar-refractivity contribution in [2.24, 2.45) is 0 Å². The van der Waals surface area contributed by atoms with Crippen LogP contribution in [0.25, 0.3) is 33.4 Å². The number of anilines is 5. The topological polar surface area (TPSA) is 6.48 Å². The first-order valence-corrected chi connectivity index (χ1v) is 23.3. The summed E-state index contributed by atoms with van der Waals surface area (Å²) in [4.78, 5) is 4.99. The van der Waals surface area contributed by atoms with Gasteiger partial charge in [-0.3, -0.25) is 0 Å². The van der Waals surface area contributed by atoms with E-state index in [4.69, 9.17) is 0 Å². The van der Waals surface area contributed by atoms with E-state index in [0.717, 1.165) is 11.4 Å². The molecule has 0 saturated carbocycles. The molecule has 1 heterocycles. The molecule has 2 atom stereocenters. The van der Waals surface area contributed by atoms with Crippen LogP contribution in [0.2, 0.25) is 0 Å². The quantitative estimate of drug-likeness (QED) is 0.165. The van der Waals surface area contributed by atoms with Crippen molar-refractivity contribution in [1.29, 1.82) is 0 Å². The lowest BCUT2D eigenvalue weighted by Crippen LogP contribution is -2.40. The summed E-state index contributed by atoms with van der Waals surface area (Å²) >= 11 is 0. The molecule has 1 spiro atoms. The van der Waals surface area contributed by atoms with Crippen molar-refractivity contribution in [2.75, 3.05) is 9.80 Å². The Balaban J connectivity index is 0.981. The largest absolute Gasteiger partial charge is 0.333 e. The van der Waals surface area contributed by atoms with Gasteiger partial charge in [0.25, 0.3) is 0 Å². The van der Waals surface area contributed by atoms with Gasteiger partial charge in [-0.1, -0.05) is 202 Å². The molecule has 0 fully saturated rings. The lowest BCUT2D eigenvalue weighted by atomic mass is 9.55. The third kappa shape index (κ3) is 5.55.